The number of hydrogen-bond donors (Lipinski definition) is 1. The van der Waals surface area contributed by atoms with E-state index in [0.717, 1.165) is 38.9 Å². The molecule has 0 aliphatic heterocycles. The molecule has 0 saturated heterocycles. The molecule has 0 aromatic heterocycles. The number of nitrogens with zero attached hydrogens (tertiary/aromatic N) is 1. The monoisotopic (exact) mass is 302 g/mol. The summed E-state index contributed by atoms with van der Waals surface area (Å²) in [7, 11) is 3.40. The second kappa shape index (κ2) is 11.0. The number of carbonyl (C=O) groups is 1. The van der Waals surface area contributed by atoms with Gasteiger partial charge in [-0.05, 0) is 26.2 Å². The van der Waals surface area contributed by atoms with Crippen molar-refractivity contribution in [1.29, 1.82) is 0 Å². The zero-order valence-electron chi connectivity index (χ0n) is 13.6. The smallest absolute Gasteiger partial charge is 0.323 e. The Hall–Kier alpha value is -0.690. The molecule has 1 aliphatic rings. The lowest BCUT2D eigenvalue weighted by molar-refractivity contribution is -0.146. The van der Waals surface area contributed by atoms with Crippen molar-refractivity contribution in [3.63, 3.8) is 0 Å². The quantitative estimate of drug-likeness (QED) is 0.504. The zero-order valence-corrected chi connectivity index (χ0v) is 13.6. The van der Waals surface area contributed by atoms with Gasteiger partial charge < -0.3 is 19.5 Å². The second-order valence-corrected chi connectivity index (χ2v) is 5.36. The fourth-order valence-electron chi connectivity index (χ4n) is 2.13. The van der Waals surface area contributed by atoms with Gasteiger partial charge in [0.2, 0.25) is 0 Å². The highest BCUT2D eigenvalue weighted by Crippen LogP contribution is 2.20. The summed E-state index contributed by atoms with van der Waals surface area (Å²) in [6.07, 6.45) is 3.07. The van der Waals surface area contributed by atoms with Crippen LogP contribution in [0.25, 0.3) is 0 Å². The summed E-state index contributed by atoms with van der Waals surface area (Å²) in [6.45, 7) is 6.16. The summed E-state index contributed by atoms with van der Waals surface area (Å²) in [6, 6.07) is 0.288. The first-order valence-electron chi connectivity index (χ1n) is 7.84. The minimum Gasteiger partial charge on any atom is -0.465 e. The molecule has 1 saturated carbocycles. The van der Waals surface area contributed by atoms with Crippen LogP contribution in [0.3, 0.4) is 0 Å². The fraction of sp³-hybridized carbons (Fsp3) is 0.933. The van der Waals surface area contributed by atoms with E-state index in [1.54, 1.807) is 14.2 Å². The number of esters is 1. The van der Waals surface area contributed by atoms with Crippen LogP contribution in [0.4, 0.5) is 0 Å². The average Bonchev–Trinajstić information content (AvgIpc) is 3.29. The molecule has 0 spiro atoms. The molecule has 1 fully saturated rings. The number of hydrogen-bond acceptors (Lipinski definition) is 6. The van der Waals surface area contributed by atoms with E-state index in [1.807, 2.05) is 6.92 Å². The molecule has 21 heavy (non-hydrogen) atoms. The van der Waals surface area contributed by atoms with E-state index in [0.29, 0.717) is 25.9 Å². The average molecular weight is 302 g/mol. The summed E-state index contributed by atoms with van der Waals surface area (Å²) in [5.41, 5.74) is 0. The van der Waals surface area contributed by atoms with Crippen molar-refractivity contribution in [1.82, 2.24) is 10.2 Å². The van der Waals surface area contributed by atoms with E-state index in [4.69, 9.17) is 14.2 Å². The van der Waals surface area contributed by atoms with Gasteiger partial charge in [0.15, 0.2) is 0 Å². The molecule has 0 aromatic carbocycles. The van der Waals surface area contributed by atoms with Gasteiger partial charge in [0.25, 0.3) is 0 Å². The van der Waals surface area contributed by atoms with Crippen LogP contribution in [0, 0.1) is 0 Å². The van der Waals surface area contributed by atoms with E-state index in [1.165, 1.54) is 0 Å². The molecule has 124 valence electrons. The fourth-order valence-corrected chi connectivity index (χ4v) is 2.13. The summed E-state index contributed by atoms with van der Waals surface area (Å²) >= 11 is 0. The number of nitrogens with one attached hydrogen (secondary N) is 1. The number of ether oxygens (including phenoxy) is 3. The van der Waals surface area contributed by atoms with E-state index >= 15 is 0 Å². The van der Waals surface area contributed by atoms with Gasteiger partial charge in [-0.15, -0.1) is 0 Å². The Bertz CT molecular complexity index is 277. The number of rotatable bonds is 13. The topological polar surface area (TPSA) is 60.0 Å². The van der Waals surface area contributed by atoms with Crippen LogP contribution in [0.2, 0.25) is 0 Å². The van der Waals surface area contributed by atoms with Crippen molar-refractivity contribution in [2.24, 2.45) is 0 Å². The molecule has 1 rings (SSSR count). The Balaban J connectivity index is 2.39. The largest absolute Gasteiger partial charge is 0.465 e. The first-order valence-corrected chi connectivity index (χ1v) is 7.84. The molecule has 1 aliphatic carbocycles. The maximum Gasteiger partial charge on any atom is 0.323 e. The molecule has 6 heteroatoms. The van der Waals surface area contributed by atoms with Crippen LogP contribution in [0.1, 0.15) is 26.2 Å². The highest BCUT2D eigenvalue weighted by Gasteiger charge is 2.29. The van der Waals surface area contributed by atoms with Gasteiger partial charge in [0.1, 0.15) is 6.04 Å². The number of carbonyl (C=O) groups excluding carboxylic acids is 1. The van der Waals surface area contributed by atoms with Crippen molar-refractivity contribution >= 4 is 5.97 Å². The third kappa shape index (κ3) is 8.36. The Labute approximate surface area is 128 Å². The zero-order chi connectivity index (χ0) is 15.5. The maximum absolute atomic E-state index is 12.0. The molecule has 6 nitrogen and oxygen atoms in total. The van der Waals surface area contributed by atoms with Gasteiger partial charge in [-0.3, -0.25) is 9.69 Å². The second-order valence-electron chi connectivity index (χ2n) is 5.36. The highest BCUT2D eigenvalue weighted by atomic mass is 16.5. The lowest BCUT2D eigenvalue weighted by atomic mass is 10.2. The molecule has 1 unspecified atom stereocenters. The minimum absolute atomic E-state index is 0.136. The Morgan fingerprint density at radius 3 is 2.29 bits per heavy atom. The summed E-state index contributed by atoms with van der Waals surface area (Å²) in [4.78, 5) is 14.3. The van der Waals surface area contributed by atoms with Crippen molar-refractivity contribution < 1.29 is 19.0 Å². The maximum atomic E-state index is 12.0. The van der Waals surface area contributed by atoms with Crippen LogP contribution in [0.5, 0.6) is 0 Å². The molecular formula is C15H30N2O4. The van der Waals surface area contributed by atoms with Crippen molar-refractivity contribution in [3.8, 4) is 0 Å². The minimum atomic E-state index is -0.204. The molecule has 0 bridgehead atoms. The van der Waals surface area contributed by atoms with Gasteiger partial charge in [0.05, 0.1) is 19.8 Å². The molecule has 0 radical (unpaired) electrons. The predicted octanol–water partition coefficient (Wildman–Crippen LogP) is 0.655. The molecule has 1 N–H and O–H groups in total. The van der Waals surface area contributed by atoms with Crippen LogP contribution >= 0.6 is 0 Å². The Morgan fingerprint density at radius 1 is 1.19 bits per heavy atom. The SMILES string of the molecule is CCOC(=O)C(CCN(CCOC)CCOC)NC1CC1. The van der Waals surface area contributed by atoms with E-state index < -0.39 is 0 Å². The predicted molar refractivity (Wildman–Crippen MR) is 81.4 cm³/mol. The van der Waals surface area contributed by atoms with Crippen molar-refractivity contribution in [2.75, 3.05) is 53.7 Å². The van der Waals surface area contributed by atoms with Gasteiger partial charge in [-0.25, -0.2) is 0 Å². The van der Waals surface area contributed by atoms with E-state index in [2.05, 4.69) is 10.2 Å². The van der Waals surface area contributed by atoms with Gasteiger partial charge in [-0.1, -0.05) is 0 Å². The normalized spacial score (nSPS) is 16.2. The van der Waals surface area contributed by atoms with Crippen molar-refractivity contribution in [3.05, 3.63) is 0 Å². The first kappa shape index (κ1) is 18.4. The third-order valence-corrected chi connectivity index (χ3v) is 3.54. The van der Waals surface area contributed by atoms with Crippen LogP contribution in [-0.2, 0) is 19.0 Å². The lowest BCUT2D eigenvalue weighted by Gasteiger charge is -2.24. The summed E-state index contributed by atoms with van der Waals surface area (Å²) < 4.78 is 15.4. The van der Waals surface area contributed by atoms with Crippen LogP contribution in [0.15, 0.2) is 0 Å². The van der Waals surface area contributed by atoms with E-state index in [9.17, 15) is 4.79 Å². The molecule has 1 atom stereocenters. The first-order chi connectivity index (χ1) is 10.2. The van der Waals surface area contributed by atoms with Gasteiger partial charge in [0, 0.05) is 39.9 Å². The van der Waals surface area contributed by atoms with Crippen LogP contribution < -0.4 is 5.32 Å². The van der Waals surface area contributed by atoms with Gasteiger partial charge >= 0.3 is 5.97 Å². The van der Waals surface area contributed by atoms with E-state index in [-0.39, 0.29) is 12.0 Å². The summed E-state index contributed by atoms with van der Waals surface area (Å²) in [5.74, 6) is -0.136. The Kier molecular flexibility index (Phi) is 9.58. The molecule has 0 heterocycles. The molecule has 0 amide bonds. The number of methoxy groups -OCH3 is 2. The lowest BCUT2D eigenvalue weighted by Crippen LogP contribution is -2.43. The summed E-state index contributed by atoms with van der Waals surface area (Å²) in [5, 5.41) is 3.38. The van der Waals surface area contributed by atoms with Crippen molar-refractivity contribution in [2.45, 2.75) is 38.3 Å². The molecular weight excluding hydrogens is 272 g/mol. The third-order valence-electron chi connectivity index (χ3n) is 3.54. The highest BCUT2D eigenvalue weighted by molar-refractivity contribution is 5.75. The van der Waals surface area contributed by atoms with Gasteiger partial charge in [-0.2, -0.15) is 0 Å². The molecule has 0 aromatic rings. The standard InChI is InChI=1S/C15H30N2O4/c1-4-21-15(18)14(16-13-5-6-13)7-8-17(9-11-19-2)10-12-20-3/h13-14,16H,4-12H2,1-3H3. The van der Waals surface area contributed by atoms with Crippen LogP contribution in [-0.4, -0.2) is 76.6 Å². The Morgan fingerprint density at radius 2 is 1.81 bits per heavy atom.